The van der Waals surface area contributed by atoms with Crippen LogP contribution in [0.1, 0.15) is 46.0 Å². The van der Waals surface area contributed by atoms with Gasteiger partial charge in [0.1, 0.15) is 18.4 Å². The number of nitrogens with zero attached hydrogens (tertiary/aromatic N) is 1. The fraction of sp³-hybridized carbons (Fsp3) is 0.560. The Morgan fingerprint density at radius 3 is 2.53 bits per heavy atom. The van der Waals surface area contributed by atoms with Gasteiger partial charge in [-0.15, -0.1) is 0 Å². The van der Waals surface area contributed by atoms with E-state index in [4.69, 9.17) is 9.47 Å². The summed E-state index contributed by atoms with van der Waals surface area (Å²) in [6.07, 6.45) is 7.60. The Hall–Kier alpha value is -2.67. The minimum atomic E-state index is -0.822. The van der Waals surface area contributed by atoms with E-state index in [1.807, 2.05) is 38.1 Å². The molecule has 0 radical (unpaired) electrons. The number of carbonyl (C=O) groups excluding carboxylic acids is 3. The molecule has 2 fully saturated rings. The van der Waals surface area contributed by atoms with E-state index in [0.717, 1.165) is 19.4 Å². The summed E-state index contributed by atoms with van der Waals surface area (Å²) in [7, 11) is 0. The van der Waals surface area contributed by atoms with E-state index in [1.165, 1.54) is 4.90 Å². The normalized spacial score (nSPS) is 25.8. The SMILES string of the molecule is CC(C)CC(C(=O)Nc1cccc(OCC2CCCO2)c1)N1C(=O)C2CC=CCC2C1=O. The van der Waals surface area contributed by atoms with Gasteiger partial charge >= 0.3 is 0 Å². The van der Waals surface area contributed by atoms with Crippen LogP contribution in [0.15, 0.2) is 36.4 Å². The number of imide groups is 1. The number of ether oxygens (including phenoxy) is 2. The minimum Gasteiger partial charge on any atom is -0.491 e. The predicted octanol–water partition coefficient (Wildman–Crippen LogP) is 3.55. The largest absolute Gasteiger partial charge is 0.491 e. The monoisotopic (exact) mass is 440 g/mol. The Morgan fingerprint density at radius 2 is 1.91 bits per heavy atom. The first-order valence-corrected chi connectivity index (χ1v) is 11.6. The molecule has 4 unspecified atom stereocenters. The van der Waals surface area contributed by atoms with Gasteiger partial charge in [0, 0.05) is 18.4 Å². The average Bonchev–Trinajstić information content (AvgIpc) is 3.38. The fourth-order valence-corrected chi connectivity index (χ4v) is 4.76. The first-order chi connectivity index (χ1) is 15.4. The van der Waals surface area contributed by atoms with Gasteiger partial charge in [0.15, 0.2) is 0 Å². The number of hydrogen-bond acceptors (Lipinski definition) is 5. The number of benzene rings is 1. The average molecular weight is 441 g/mol. The quantitative estimate of drug-likeness (QED) is 0.494. The molecule has 7 heteroatoms. The Labute approximate surface area is 189 Å². The molecule has 3 aliphatic rings. The lowest BCUT2D eigenvalue weighted by molar-refractivity contribution is -0.147. The molecule has 4 rings (SSSR count). The molecule has 1 N–H and O–H groups in total. The smallest absolute Gasteiger partial charge is 0.247 e. The summed E-state index contributed by atoms with van der Waals surface area (Å²) in [6, 6.07) is 6.36. The van der Waals surface area contributed by atoms with Crippen LogP contribution in [0.4, 0.5) is 5.69 Å². The molecule has 32 heavy (non-hydrogen) atoms. The minimum absolute atomic E-state index is 0.105. The molecular weight excluding hydrogens is 408 g/mol. The molecule has 0 bridgehead atoms. The molecule has 1 aliphatic carbocycles. The summed E-state index contributed by atoms with van der Waals surface area (Å²) in [5.74, 6) is -0.688. The number of amides is 3. The van der Waals surface area contributed by atoms with E-state index in [2.05, 4.69) is 5.32 Å². The van der Waals surface area contributed by atoms with Gasteiger partial charge in [-0.2, -0.15) is 0 Å². The van der Waals surface area contributed by atoms with Gasteiger partial charge < -0.3 is 14.8 Å². The molecule has 1 aromatic carbocycles. The van der Waals surface area contributed by atoms with Crippen molar-refractivity contribution in [3.05, 3.63) is 36.4 Å². The van der Waals surface area contributed by atoms with Crippen molar-refractivity contribution in [3.8, 4) is 5.75 Å². The van der Waals surface area contributed by atoms with E-state index in [9.17, 15) is 14.4 Å². The van der Waals surface area contributed by atoms with Crippen molar-refractivity contribution in [2.75, 3.05) is 18.5 Å². The number of allylic oxidation sites excluding steroid dienone is 2. The first-order valence-electron chi connectivity index (χ1n) is 11.6. The molecule has 3 amide bonds. The van der Waals surface area contributed by atoms with Crippen LogP contribution in [0.5, 0.6) is 5.75 Å². The summed E-state index contributed by atoms with van der Waals surface area (Å²) in [6.45, 7) is 5.22. The Balaban J connectivity index is 1.46. The molecule has 172 valence electrons. The fourth-order valence-electron chi connectivity index (χ4n) is 4.76. The highest BCUT2D eigenvalue weighted by Gasteiger charge is 2.51. The molecule has 0 spiro atoms. The third-order valence-corrected chi connectivity index (χ3v) is 6.41. The van der Waals surface area contributed by atoms with Gasteiger partial charge in [-0.05, 0) is 50.2 Å². The highest BCUT2D eigenvalue weighted by molar-refractivity contribution is 6.10. The van der Waals surface area contributed by atoms with Crippen molar-refractivity contribution in [3.63, 3.8) is 0 Å². The standard InChI is InChI=1S/C25H32N2O5/c1-16(2)13-22(27-24(29)20-10-3-4-11-21(20)25(27)30)23(28)26-17-7-5-8-18(14-17)32-15-19-9-6-12-31-19/h3-5,7-8,14,16,19-22H,6,9-13,15H2,1-2H3,(H,26,28). The molecule has 2 heterocycles. The number of fused-ring (bicyclic) bond motifs is 1. The predicted molar refractivity (Wildman–Crippen MR) is 120 cm³/mol. The van der Waals surface area contributed by atoms with E-state index in [-0.39, 0.29) is 41.6 Å². The van der Waals surface area contributed by atoms with Crippen LogP contribution in [0.2, 0.25) is 0 Å². The molecule has 0 aromatic heterocycles. The summed E-state index contributed by atoms with van der Waals surface area (Å²) < 4.78 is 11.4. The molecule has 4 atom stereocenters. The second-order valence-corrected chi connectivity index (χ2v) is 9.31. The Bertz CT molecular complexity index is 864. The first kappa shape index (κ1) is 22.5. The molecule has 2 aliphatic heterocycles. The number of rotatable bonds is 8. The van der Waals surface area contributed by atoms with E-state index >= 15 is 0 Å². The van der Waals surface area contributed by atoms with E-state index in [0.29, 0.717) is 37.3 Å². The lowest BCUT2D eigenvalue weighted by Crippen LogP contribution is -2.48. The van der Waals surface area contributed by atoms with E-state index < -0.39 is 6.04 Å². The zero-order valence-electron chi connectivity index (χ0n) is 18.8. The summed E-state index contributed by atoms with van der Waals surface area (Å²) in [4.78, 5) is 40.6. The molecular formula is C25H32N2O5. The number of hydrogen-bond donors (Lipinski definition) is 1. The number of anilines is 1. The van der Waals surface area contributed by atoms with Crippen LogP contribution in [0.25, 0.3) is 0 Å². The summed E-state index contributed by atoms with van der Waals surface area (Å²) >= 11 is 0. The van der Waals surface area contributed by atoms with Crippen molar-refractivity contribution < 1.29 is 23.9 Å². The van der Waals surface area contributed by atoms with Crippen molar-refractivity contribution in [2.45, 2.75) is 58.1 Å². The molecule has 2 saturated heterocycles. The second kappa shape index (κ2) is 9.86. The van der Waals surface area contributed by atoms with Crippen LogP contribution < -0.4 is 10.1 Å². The molecule has 0 saturated carbocycles. The van der Waals surface area contributed by atoms with Gasteiger partial charge in [-0.1, -0.05) is 32.1 Å². The van der Waals surface area contributed by atoms with Gasteiger partial charge in [0.2, 0.25) is 17.7 Å². The summed E-state index contributed by atoms with van der Waals surface area (Å²) in [5, 5.41) is 2.90. The van der Waals surface area contributed by atoms with Crippen molar-refractivity contribution >= 4 is 23.4 Å². The van der Waals surface area contributed by atoms with Crippen molar-refractivity contribution in [1.29, 1.82) is 0 Å². The Morgan fingerprint density at radius 1 is 1.19 bits per heavy atom. The van der Waals surface area contributed by atoms with Gasteiger partial charge in [-0.3, -0.25) is 19.3 Å². The Kier molecular flexibility index (Phi) is 6.94. The number of nitrogens with one attached hydrogen (secondary N) is 1. The lowest BCUT2D eigenvalue weighted by Gasteiger charge is -2.27. The van der Waals surface area contributed by atoms with E-state index in [1.54, 1.807) is 12.1 Å². The van der Waals surface area contributed by atoms with Crippen LogP contribution in [-0.2, 0) is 19.1 Å². The zero-order chi connectivity index (χ0) is 22.7. The number of likely N-dealkylation sites (tertiary alicyclic amines) is 1. The maximum absolute atomic E-state index is 13.3. The second-order valence-electron chi connectivity index (χ2n) is 9.31. The third kappa shape index (κ3) is 4.88. The van der Waals surface area contributed by atoms with Crippen LogP contribution in [0.3, 0.4) is 0 Å². The van der Waals surface area contributed by atoms with Crippen LogP contribution in [-0.4, -0.2) is 48.0 Å². The highest BCUT2D eigenvalue weighted by Crippen LogP contribution is 2.37. The van der Waals surface area contributed by atoms with Gasteiger partial charge in [-0.25, -0.2) is 0 Å². The third-order valence-electron chi connectivity index (χ3n) is 6.41. The lowest BCUT2D eigenvalue weighted by atomic mass is 9.85. The van der Waals surface area contributed by atoms with Gasteiger partial charge in [0.05, 0.1) is 17.9 Å². The zero-order valence-corrected chi connectivity index (χ0v) is 18.8. The van der Waals surface area contributed by atoms with Gasteiger partial charge in [0.25, 0.3) is 0 Å². The molecule has 1 aromatic rings. The van der Waals surface area contributed by atoms with Crippen molar-refractivity contribution in [1.82, 2.24) is 4.90 Å². The molecule has 7 nitrogen and oxygen atoms in total. The topological polar surface area (TPSA) is 84.9 Å². The highest BCUT2D eigenvalue weighted by atomic mass is 16.5. The summed E-state index contributed by atoms with van der Waals surface area (Å²) in [5.41, 5.74) is 0.576. The maximum atomic E-state index is 13.3. The van der Waals surface area contributed by atoms with Crippen LogP contribution in [0, 0.1) is 17.8 Å². The number of carbonyl (C=O) groups is 3. The van der Waals surface area contributed by atoms with Crippen LogP contribution >= 0.6 is 0 Å². The van der Waals surface area contributed by atoms with Crippen molar-refractivity contribution in [2.24, 2.45) is 17.8 Å². The maximum Gasteiger partial charge on any atom is 0.247 e.